The maximum absolute atomic E-state index is 13.4. The molecular weight excluding hydrogens is 517 g/mol. The van der Waals surface area contributed by atoms with E-state index >= 15 is 0 Å². The molecule has 1 saturated heterocycles. The molecule has 3 heterocycles. The number of benzene rings is 2. The molecule has 0 radical (unpaired) electrons. The average Bonchev–Trinajstić information content (AvgIpc) is 3.59. The van der Waals surface area contributed by atoms with Gasteiger partial charge in [0.1, 0.15) is 24.5 Å². The van der Waals surface area contributed by atoms with Crippen LogP contribution in [0.5, 0.6) is 11.5 Å². The minimum absolute atomic E-state index is 0.0460. The molecule has 2 aromatic heterocycles. The summed E-state index contributed by atoms with van der Waals surface area (Å²) >= 11 is 0. The number of methoxy groups -OCH3 is 1. The zero-order valence-corrected chi connectivity index (χ0v) is 22.2. The zero-order valence-electron chi connectivity index (χ0n) is 22.2. The number of nitrogens with zero attached hydrogens (tertiary/aromatic N) is 5. The Morgan fingerprint density at radius 3 is 2.92 bits per heavy atom. The SMILES string of the molecule is COc1cc2c(Nc3cnn(CC(=O)Nc4cccc(F)c4)c3)ncnc2cc1OCCCN1CCC[C@H]1CO. The van der Waals surface area contributed by atoms with Gasteiger partial charge < -0.3 is 25.2 Å². The van der Waals surface area contributed by atoms with Gasteiger partial charge in [0.25, 0.3) is 0 Å². The normalized spacial score (nSPS) is 15.3. The third kappa shape index (κ3) is 6.64. The van der Waals surface area contributed by atoms with Crippen LogP contribution >= 0.6 is 0 Å². The van der Waals surface area contributed by atoms with Crippen LogP contribution < -0.4 is 20.1 Å². The van der Waals surface area contributed by atoms with Gasteiger partial charge >= 0.3 is 0 Å². The Morgan fingerprint density at radius 1 is 1.20 bits per heavy atom. The van der Waals surface area contributed by atoms with Gasteiger partial charge in [-0.3, -0.25) is 14.4 Å². The lowest BCUT2D eigenvalue weighted by Gasteiger charge is -2.22. The summed E-state index contributed by atoms with van der Waals surface area (Å²) in [5.41, 5.74) is 1.68. The van der Waals surface area contributed by atoms with Crippen LogP contribution in [0.2, 0.25) is 0 Å². The zero-order chi connectivity index (χ0) is 27.9. The van der Waals surface area contributed by atoms with Gasteiger partial charge in [-0.15, -0.1) is 0 Å². The number of aromatic nitrogens is 4. The smallest absolute Gasteiger partial charge is 0.246 e. The van der Waals surface area contributed by atoms with Crippen molar-refractivity contribution in [2.75, 3.05) is 44.0 Å². The number of aliphatic hydroxyl groups excluding tert-OH is 1. The molecular formula is C28H32FN7O4. The second-order valence-electron chi connectivity index (χ2n) is 9.57. The van der Waals surface area contributed by atoms with E-state index in [4.69, 9.17) is 9.47 Å². The maximum Gasteiger partial charge on any atom is 0.246 e. The fraction of sp³-hybridized carbons (Fsp3) is 0.357. The van der Waals surface area contributed by atoms with E-state index in [1.54, 1.807) is 25.6 Å². The number of hydrogen-bond donors (Lipinski definition) is 3. The molecule has 1 atom stereocenters. The third-order valence-electron chi connectivity index (χ3n) is 6.79. The van der Waals surface area contributed by atoms with Crippen molar-refractivity contribution in [3.8, 4) is 11.5 Å². The fourth-order valence-electron chi connectivity index (χ4n) is 4.85. The van der Waals surface area contributed by atoms with Crippen molar-refractivity contribution in [3.63, 3.8) is 0 Å². The number of carbonyl (C=O) groups excluding carboxylic acids is 1. The van der Waals surface area contributed by atoms with E-state index in [1.807, 2.05) is 12.1 Å². The van der Waals surface area contributed by atoms with Crippen molar-refractivity contribution < 1.29 is 23.8 Å². The van der Waals surface area contributed by atoms with E-state index in [2.05, 4.69) is 30.6 Å². The number of amides is 1. The molecule has 210 valence electrons. The molecule has 0 aliphatic carbocycles. The van der Waals surface area contributed by atoms with Crippen molar-refractivity contribution in [1.29, 1.82) is 0 Å². The van der Waals surface area contributed by atoms with Crippen LogP contribution in [0, 0.1) is 5.82 Å². The minimum atomic E-state index is -0.426. The Hall–Kier alpha value is -4.29. The Bertz CT molecular complexity index is 1460. The summed E-state index contributed by atoms with van der Waals surface area (Å²) in [7, 11) is 1.58. The van der Waals surface area contributed by atoms with Gasteiger partial charge in [-0.2, -0.15) is 5.10 Å². The first-order chi connectivity index (χ1) is 19.5. The minimum Gasteiger partial charge on any atom is -0.493 e. The highest BCUT2D eigenvalue weighted by Gasteiger charge is 2.23. The number of carbonyl (C=O) groups is 1. The summed E-state index contributed by atoms with van der Waals surface area (Å²) in [6.45, 7) is 2.55. The van der Waals surface area contributed by atoms with Crippen LogP contribution in [0.4, 0.5) is 21.6 Å². The van der Waals surface area contributed by atoms with E-state index in [1.165, 1.54) is 29.2 Å². The summed E-state index contributed by atoms with van der Waals surface area (Å²) < 4.78 is 26.5. The van der Waals surface area contributed by atoms with Gasteiger partial charge in [0.05, 0.1) is 37.7 Å². The lowest BCUT2D eigenvalue weighted by atomic mass is 10.2. The van der Waals surface area contributed by atoms with Crippen LogP contribution in [0.3, 0.4) is 0 Å². The first-order valence-corrected chi connectivity index (χ1v) is 13.2. The van der Waals surface area contributed by atoms with Crippen LogP contribution in [0.25, 0.3) is 10.9 Å². The standard InChI is InChI=1S/C28H32FN7O4/c1-39-25-12-23-24(13-26(25)40-10-4-9-35-8-3-7-22(35)17-37)30-18-31-28(23)34-21-14-32-36(15-21)16-27(38)33-20-6-2-5-19(29)11-20/h2,5-6,11-15,18,22,37H,3-4,7-10,16-17H2,1H3,(H,33,38)(H,30,31,34)/t22-/m0/s1. The monoisotopic (exact) mass is 549 g/mol. The molecule has 1 fully saturated rings. The molecule has 0 spiro atoms. The quantitative estimate of drug-likeness (QED) is 0.227. The highest BCUT2D eigenvalue weighted by atomic mass is 19.1. The maximum atomic E-state index is 13.4. The van der Waals surface area contributed by atoms with E-state index in [9.17, 15) is 14.3 Å². The number of aliphatic hydroxyl groups is 1. The number of nitrogens with one attached hydrogen (secondary N) is 2. The summed E-state index contributed by atoms with van der Waals surface area (Å²) in [6.07, 6.45) is 7.71. The number of halogens is 1. The molecule has 1 amide bonds. The van der Waals surface area contributed by atoms with Crippen LogP contribution in [-0.2, 0) is 11.3 Å². The van der Waals surface area contributed by atoms with Gasteiger partial charge in [-0.25, -0.2) is 14.4 Å². The highest BCUT2D eigenvalue weighted by Crippen LogP contribution is 2.35. The van der Waals surface area contributed by atoms with Gasteiger partial charge in [-0.1, -0.05) is 6.07 Å². The number of hydrogen-bond acceptors (Lipinski definition) is 9. The van der Waals surface area contributed by atoms with Crippen LogP contribution in [0.1, 0.15) is 19.3 Å². The molecule has 12 heteroatoms. The first kappa shape index (κ1) is 27.3. The van der Waals surface area contributed by atoms with Crippen LogP contribution in [0.15, 0.2) is 55.1 Å². The molecule has 0 bridgehead atoms. The van der Waals surface area contributed by atoms with Crippen molar-refractivity contribution in [2.24, 2.45) is 0 Å². The molecule has 11 nitrogen and oxygen atoms in total. The van der Waals surface area contributed by atoms with Gasteiger partial charge in [-0.05, 0) is 50.1 Å². The molecule has 40 heavy (non-hydrogen) atoms. The topological polar surface area (TPSA) is 127 Å². The molecule has 2 aromatic carbocycles. The molecule has 1 aliphatic rings. The van der Waals surface area contributed by atoms with Crippen LogP contribution in [-0.4, -0.2) is 75.1 Å². The molecule has 5 rings (SSSR count). The number of fused-ring (bicyclic) bond motifs is 1. The fourth-order valence-corrected chi connectivity index (χ4v) is 4.85. The van der Waals surface area contributed by atoms with Gasteiger partial charge in [0.2, 0.25) is 5.91 Å². The Balaban J connectivity index is 1.22. The second-order valence-corrected chi connectivity index (χ2v) is 9.57. The lowest BCUT2D eigenvalue weighted by Crippen LogP contribution is -2.33. The first-order valence-electron chi connectivity index (χ1n) is 13.2. The van der Waals surface area contributed by atoms with E-state index in [-0.39, 0.29) is 25.1 Å². The third-order valence-corrected chi connectivity index (χ3v) is 6.79. The van der Waals surface area contributed by atoms with Crippen molar-refractivity contribution in [1.82, 2.24) is 24.6 Å². The second kappa shape index (κ2) is 12.7. The predicted octanol–water partition coefficient (Wildman–Crippen LogP) is 3.58. The van der Waals surface area contributed by atoms with E-state index in [0.29, 0.717) is 40.8 Å². The molecule has 4 aromatic rings. The Morgan fingerprint density at radius 2 is 2.10 bits per heavy atom. The number of ether oxygens (including phenoxy) is 2. The van der Waals surface area contributed by atoms with Crippen molar-refractivity contribution >= 4 is 34.0 Å². The molecule has 1 aliphatic heterocycles. The van der Waals surface area contributed by atoms with Crippen molar-refractivity contribution in [3.05, 3.63) is 60.9 Å². The summed E-state index contributed by atoms with van der Waals surface area (Å²) in [5.74, 6) is 0.938. The van der Waals surface area contributed by atoms with Gasteiger partial charge in [0.15, 0.2) is 11.5 Å². The molecule has 0 saturated carbocycles. The summed E-state index contributed by atoms with van der Waals surface area (Å²) in [6, 6.07) is 9.61. The van der Waals surface area contributed by atoms with Crippen molar-refractivity contribution in [2.45, 2.75) is 31.8 Å². The largest absolute Gasteiger partial charge is 0.493 e. The number of rotatable bonds is 12. The van der Waals surface area contributed by atoms with E-state index < -0.39 is 5.82 Å². The molecule has 0 unspecified atom stereocenters. The van der Waals surface area contributed by atoms with E-state index in [0.717, 1.165) is 37.7 Å². The summed E-state index contributed by atoms with van der Waals surface area (Å²) in [4.78, 5) is 23.4. The number of anilines is 3. The summed E-state index contributed by atoms with van der Waals surface area (Å²) in [5, 5.41) is 20.3. The average molecular weight is 550 g/mol. The lowest BCUT2D eigenvalue weighted by molar-refractivity contribution is -0.116. The highest BCUT2D eigenvalue weighted by molar-refractivity contribution is 5.93. The Kier molecular flexibility index (Phi) is 8.67. The molecule has 3 N–H and O–H groups in total. The Labute approximate surface area is 230 Å². The number of likely N-dealkylation sites (tertiary alicyclic amines) is 1. The van der Waals surface area contributed by atoms with Gasteiger partial charge in [0, 0.05) is 35.9 Å². The predicted molar refractivity (Wildman–Crippen MR) is 148 cm³/mol.